The van der Waals surface area contributed by atoms with E-state index in [-0.39, 0.29) is 5.56 Å². The van der Waals surface area contributed by atoms with Gasteiger partial charge in [0.15, 0.2) is 17.3 Å². The van der Waals surface area contributed by atoms with Gasteiger partial charge in [0.2, 0.25) is 11.2 Å². The minimum Gasteiger partial charge on any atom is -0.457 e. The average molecular weight is 598 g/mol. The summed E-state index contributed by atoms with van der Waals surface area (Å²) in [5.41, 5.74) is -8.80. The largest absolute Gasteiger partial charge is 0.457 e. The Balaban J connectivity index is 4.11. The van der Waals surface area contributed by atoms with Gasteiger partial charge in [0.1, 0.15) is 37.6 Å². The Kier molecular flexibility index (Phi) is 12.6. The van der Waals surface area contributed by atoms with Crippen molar-refractivity contribution < 1.29 is 68.2 Å². The van der Waals surface area contributed by atoms with Gasteiger partial charge in [-0.3, -0.25) is 19.2 Å². The lowest BCUT2D eigenvalue weighted by Gasteiger charge is -2.43. The Morgan fingerprint density at radius 3 is 1.76 bits per heavy atom. The normalized spacial score (nSPS) is 14.4. The summed E-state index contributed by atoms with van der Waals surface area (Å²) >= 11 is 0. The van der Waals surface area contributed by atoms with Crippen LogP contribution in [0, 0.1) is 5.41 Å². The number of nitrogens with one attached hydrogen (secondary N) is 1. The van der Waals surface area contributed by atoms with Gasteiger partial charge in [-0.1, -0.05) is 30.3 Å². The number of esters is 2. The predicted octanol–water partition coefficient (Wildman–Crippen LogP) is -1.45. The Morgan fingerprint density at radius 2 is 1.33 bits per heavy atom. The number of carbonyl (C=O) groups is 7. The minimum absolute atomic E-state index is 0.273. The molecule has 0 saturated heterocycles. The number of Topliss-reactive ketones (excluding diaryl/α,β-unsaturated/α-hetero) is 4. The van der Waals surface area contributed by atoms with Gasteiger partial charge in [-0.05, 0) is 40.2 Å². The molecule has 0 bridgehead atoms. The van der Waals surface area contributed by atoms with Crippen molar-refractivity contribution >= 4 is 41.2 Å². The number of ether oxygens (including phenoxy) is 3. The van der Waals surface area contributed by atoms with Crippen molar-refractivity contribution in [1.29, 1.82) is 0 Å². The molecular weight excluding hydrogens is 562 g/mol. The number of rotatable bonds is 15. The van der Waals surface area contributed by atoms with Crippen molar-refractivity contribution in [3.8, 4) is 0 Å². The van der Waals surface area contributed by atoms with Crippen LogP contribution in [0.15, 0.2) is 30.3 Å². The molecule has 5 N–H and O–H groups in total. The Morgan fingerprint density at radius 1 is 0.810 bits per heavy atom. The molecule has 1 aromatic carbocycles. The van der Waals surface area contributed by atoms with Crippen LogP contribution in [-0.4, -0.2) is 105 Å². The number of carbonyl (C=O) groups excluding carboxylic acids is 7. The van der Waals surface area contributed by atoms with Crippen LogP contribution >= 0.6 is 0 Å². The fourth-order valence-corrected chi connectivity index (χ4v) is 3.85. The van der Waals surface area contributed by atoms with Crippen LogP contribution in [0.3, 0.4) is 0 Å². The minimum atomic E-state index is -4.03. The van der Waals surface area contributed by atoms with Crippen molar-refractivity contribution in [3.63, 3.8) is 0 Å². The van der Waals surface area contributed by atoms with Crippen molar-refractivity contribution in [2.24, 2.45) is 5.41 Å². The number of alkyl carbamates (subject to hydrolysis) is 1. The van der Waals surface area contributed by atoms with Gasteiger partial charge in [-0.25, -0.2) is 14.4 Å². The van der Waals surface area contributed by atoms with Crippen LogP contribution < -0.4 is 5.32 Å². The van der Waals surface area contributed by atoms with Crippen molar-refractivity contribution in [1.82, 2.24) is 5.32 Å². The summed E-state index contributed by atoms with van der Waals surface area (Å²) < 4.78 is 15.2. The second-order valence-electron chi connectivity index (χ2n) is 10.1. The van der Waals surface area contributed by atoms with Crippen molar-refractivity contribution in [2.75, 3.05) is 19.8 Å². The molecule has 232 valence electrons. The molecule has 15 nitrogen and oxygen atoms in total. The van der Waals surface area contributed by atoms with E-state index in [2.05, 4.69) is 0 Å². The number of aliphatic hydroxyl groups is 4. The highest BCUT2D eigenvalue weighted by molar-refractivity contribution is 6.35. The molecule has 15 heteroatoms. The molecule has 0 aliphatic rings. The fraction of sp³-hybridized carbons (Fsp3) is 0.519. The van der Waals surface area contributed by atoms with Gasteiger partial charge in [-0.2, -0.15) is 0 Å². The van der Waals surface area contributed by atoms with Crippen LogP contribution in [-0.2, 0) is 49.6 Å². The van der Waals surface area contributed by atoms with Crippen LogP contribution in [0.4, 0.5) is 4.79 Å². The maximum Gasteiger partial charge on any atom is 0.408 e. The molecule has 0 fully saturated rings. The SMILES string of the molecule is CC(O)C(=O)OC(C(=O)CNC(=O)OC(C)(C)C)(C(=O)OCc1ccccc1)C(C(=O)CO)(C(=O)CO)C(=O)C(C)O. The first-order valence-corrected chi connectivity index (χ1v) is 12.5. The monoisotopic (exact) mass is 597 g/mol. The number of aliphatic hydroxyl groups excluding tert-OH is 4. The average Bonchev–Trinajstić information content (AvgIpc) is 2.92. The standard InChI is InChI=1S/C27H35NO14/c1-15(31)21(36)26(19(34)12-29,20(35)13-30)27(41-22(37)16(2)32,18(33)11-28-24(39)42-25(3,4)5)23(38)40-14-17-9-7-6-8-10-17/h6-10,15-16,29-32H,11-14H2,1-5H3,(H,28,39). The molecule has 3 atom stereocenters. The van der Waals surface area contributed by atoms with E-state index < -0.39 is 96.4 Å². The van der Waals surface area contributed by atoms with Gasteiger partial charge in [-0.15, -0.1) is 0 Å². The molecule has 0 radical (unpaired) electrons. The number of benzene rings is 1. The Labute approximate surface area is 240 Å². The van der Waals surface area contributed by atoms with Gasteiger partial charge < -0.3 is 40.0 Å². The molecule has 42 heavy (non-hydrogen) atoms. The van der Waals surface area contributed by atoms with Crippen LogP contribution in [0.2, 0.25) is 0 Å². The van der Waals surface area contributed by atoms with Gasteiger partial charge in [0.25, 0.3) is 5.60 Å². The third-order valence-corrected chi connectivity index (χ3v) is 5.68. The van der Waals surface area contributed by atoms with E-state index in [1.54, 1.807) is 6.07 Å². The molecule has 0 heterocycles. The zero-order valence-corrected chi connectivity index (χ0v) is 23.7. The lowest BCUT2D eigenvalue weighted by molar-refractivity contribution is -0.210. The van der Waals surface area contributed by atoms with E-state index in [4.69, 9.17) is 14.2 Å². The summed E-state index contributed by atoms with van der Waals surface area (Å²) in [6.45, 7) is 0.378. The summed E-state index contributed by atoms with van der Waals surface area (Å²) in [4.78, 5) is 93.1. The molecule has 1 aromatic rings. The van der Waals surface area contributed by atoms with E-state index in [0.717, 1.165) is 13.8 Å². The molecule has 1 rings (SSSR count). The van der Waals surface area contributed by atoms with Crippen LogP contribution in [0.5, 0.6) is 0 Å². The summed E-state index contributed by atoms with van der Waals surface area (Å²) in [6.07, 6.45) is -5.77. The first-order chi connectivity index (χ1) is 19.4. The molecule has 0 spiro atoms. The number of ketones is 4. The van der Waals surface area contributed by atoms with Crippen LogP contribution in [0.25, 0.3) is 0 Å². The maximum atomic E-state index is 13.9. The van der Waals surface area contributed by atoms with E-state index in [9.17, 15) is 54.0 Å². The first kappa shape index (κ1) is 36.0. The van der Waals surface area contributed by atoms with Gasteiger partial charge in [0.05, 0.1) is 6.54 Å². The van der Waals surface area contributed by atoms with Crippen LogP contribution in [0.1, 0.15) is 40.2 Å². The topological polar surface area (TPSA) is 240 Å². The van der Waals surface area contributed by atoms with E-state index >= 15 is 0 Å². The summed E-state index contributed by atoms with van der Waals surface area (Å²) in [7, 11) is 0. The highest BCUT2D eigenvalue weighted by atomic mass is 16.6. The third kappa shape index (κ3) is 7.82. The third-order valence-electron chi connectivity index (χ3n) is 5.68. The predicted molar refractivity (Wildman–Crippen MR) is 139 cm³/mol. The molecule has 0 aliphatic carbocycles. The molecule has 0 aliphatic heterocycles. The smallest absolute Gasteiger partial charge is 0.408 e. The number of amides is 1. The van der Waals surface area contributed by atoms with Crippen molar-refractivity contribution in [2.45, 2.75) is 64.6 Å². The maximum absolute atomic E-state index is 13.9. The summed E-state index contributed by atoms with van der Waals surface area (Å²) in [5, 5.41) is 41.6. The summed E-state index contributed by atoms with van der Waals surface area (Å²) in [5.74, 6) is -11.6. The zero-order valence-electron chi connectivity index (χ0n) is 23.7. The molecule has 3 unspecified atom stereocenters. The molecule has 0 aromatic heterocycles. The lowest BCUT2D eigenvalue weighted by Crippen LogP contribution is -2.75. The highest BCUT2D eigenvalue weighted by Crippen LogP contribution is 2.42. The molecule has 1 amide bonds. The molecule has 0 saturated carbocycles. The quantitative estimate of drug-likeness (QED) is 0.0883. The van der Waals surface area contributed by atoms with E-state index in [0.29, 0.717) is 0 Å². The molecular formula is C27H35NO14. The number of hydrogen-bond donors (Lipinski definition) is 5. The first-order valence-electron chi connectivity index (χ1n) is 12.5. The van der Waals surface area contributed by atoms with Gasteiger partial charge >= 0.3 is 18.0 Å². The Bertz CT molecular complexity index is 1170. The fourth-order valence-electron chi connectivity index (χ4n) is 3.85. The summed E-state index contributed by atoms with van der Waals surface area (Å²) in [6, 6.07) is 7.58. The highest BCUT2D eigenvalue weighted by Gasteiger charge is 2.76. The van der Waals surface area contributed by atoms with E-state index in [1.807, 2.05) is 5.32 Å². The number of hydrogen-bond acceptors (Lipinski definition) is 14. The van der Waals surface area contributed by atoms with E-state index in [1.165, 1.54) is 45.0 Å². The second-order valence-corrected chi connectivity index (χ2v) is 10.1. The second kappa shape index (κ2) is 14.7. The van der Waals surface area contributed by atoms with Gasteiger partial charge in [0, 0.05) is 0 Å². The van der Waals surface area contributed by atoms with Crippen molar-refractivity contribution in [3.05, 3.63) is 35.9 Å². The zero-order chi connectivity index (χ0) is 32.5. The Hall–Kier alpha value is -4.05. The lowest BCUT2D eigenvalue weighted by atomic mass is 9.60.